The fourth-order valence-electron chi connectivity index (χ4n) is 1.41. The standard InChI is InChI=1S/C9H8Cl3N3/c10-9(11,12)7(13)6-4-15-8-5(6)2-1-3-14-8/h1-4,7H,13H2,(H,14,15). The molecule has 1 unspecified atom stereocenters. The highest BCUT2D eigenvalue weighted by molar-refractivity contribution is 6.68. The molecule has 1 atom stereocenters. The predicted molar refractivity (Wildman–Crippen MR) is 63.3 cm³/mol. The van der Waals surface area contributed by atoms with Gasteiger partial charge in [-0.3, -0.25) is 0 Å². The third-order valence-corrected chi connectivity index (χ3v) is 2.88. The minimum atomic E-state index is -1.52. The van der Waals surface area contributed by atoms with Gasteiger partial charge in [0, 0.05) is 23.3 Å². The van der Waals surface area contributed by atoms with Crippen LogP contribution in [0.4, 0.5) is 0 Å². The Balaban J connectivity index is 2.53. The summed E-state index contributed by atoms with van der Waals surface area (Å²) < 4.78 is -1.52. The predicted octanol–water partition coefficient (Wildman–Crippen LogP) is 2.93. The second kappa shape index (κ2) is 3.83. The van der Waals surface area contributed by atoms with Gasteiger partial charge in [0.1, 0.15) is 5.65 Å². The van der Waals surface area contributed by atoms with Crippen molar-refractivity contribution in [3.05, 3.63) is 30.1 Å². The van der Waals surface area contributed by atoms with Gasteiger partial charge in [-0.15, -0.1) is 0 Å². The fourth-order valence-corrected chi connectivity index (χ4v) is 1.76. The Hall–Kier alpha value is -0.480. The number of aromatic nitrogens is 2. The van der Waals surface area contributed by atoms with Gasteiger partial charge in [-0.2, -0.15) is 0 Å². The molecule has 6 heteroatoms. The number of hydrogen-bond donors (Lipinski definition) is 2. The van der Waals surface area contributed by atoms with Gasteiger partial charge in [-0.05, 0) is 12.1 Å². The Morgan fingerprint density at radius 1 is 1.40 bits per heavy atom. The van der Waals surface area contributed by atoms with Crippen LogP contribution in [0.15, 0.2) is 24.5 Å². The molecule has 80 valence electrons. The maximum absolute atomic E-state index is 5.84. The molecule has 0 aliphatic heterocycles. The lowest BCUT2D eigenvalue weighted by Crippen LogP contribution is -2.25. The Kier molecular flexibility index (Phi) is 2.81. The number of nitrogens with zero attached hydrogens (tertiary/aromatic N) is 1. The summed E-state index contributed by atoms with van der Waals surface area (Å²) in [5.41, 5.74) is 7.32. The molecule has 0 radical (unpaired) electrons. The lowest BCUT2D eigenvalue weighted by molar-refractivity contribution is 0.754. The minimum Gasteiger partial charge on any atom is -0.346 e. The van der Waals surface area contributed by atoms with Gasteiger partial charge in [-0.1, -0.05) is 34.8 Å². The number of pyridine rings is 1. The summed E-state index contributed by atoms with van der Waals surface area (Å²) >= 11 is 17.2. The SMILES string of the molecule is NC(c1c[nH]c2ncccc12)C(Cl)(Cl)Cl. The topological polar surface area (TPSA) is 54.7 Å². The van der Waals surface area contributed by atoms with Crippen LogP contribution >= 0.6 is 34.8 Å². The first-order valence-corrected chi connectivity index (χ1v) is 5.38. The van der Waals surface area contributed by atoms with Gasteiger partial charge in [0.05, 0.1) is 6.04 Å². The summed E-state index contributed by atoms with van der Waals surface area (Å²) in [4.78, 5) is 7.10. The van der Waals surface area contributed by atoms with Gasteiger partial charge in [0.2, 0.25) is 3.79 Å². The quantitative estimate of drug-likeness (QED) is 0.778. The Bertz CT molecular complexity index is 475. The van der Waals surface area contributed by atoms with Crippen LogP contribution in [0.1, 0.15) is 11.6 Å². The third-order valence-electron chi connectivity index (χ3n) is 2.17. The summed E-state index contributed by atoms with van der Waals surface area (Å²) in [6.07, 6.45) is 3.40. The van der Waals surface area contributed by atoms with Gasteiger partial charge in [0.15, 0.2) is 0 Å². The van der Waals surface area contributed by atoms with Crippen molar-refractivity contribution in [3.8, 4) is 0 Å². The number of nitrogens with two attached hydrogens (primary N) is 1. The molecule has 0 bridgehead atoms. The van der Waals surface area contributed by atoms with Crippen molar-refractivity contribution in [3.63, 3.8) is 0 Å². The number of rotatable bonds is 1. The van der Waals surface area contributed by atoms with Crippen molar-refractivity contribution in [2.75, 3.05) is 0 Å². The molecule has 2 aromatic rings. The van der Waals surface area contributed by atoms with Crippen molar-refractivity contribution in [2.24, 2.45) is 5.73 Å². The lowest BCUT2D eigenvalue weighted by atomic mass is 10.1. The van der Waals surface area contributed by atoms with E-state index in [0.717, 1.165) is 16.6 Å². The number of aromatic amines is 1. The molecule has 0 saturated heterocycles. The van der Waals surface area contributed by atoms with Gasteiger partial charge < -0.3 is 10.7 Å². The first-order chi connectivity index (χ1) is 7.00. The Morgan fingerprint density at radius 3 is 2.80 bits per heavy atom. The number of halogens is 3. The van der Waals surface area contributed by atoms with Crippen LogP contribution in [-0.2, 0) is 0 Å². The number of H-pyrrole nitrogens is 1. The van der Waals surface area contributed by atoms with Crippen molar-refractivity contribution < 1.29 is 0 Å². The molecule has 2 aromatic heterocycles. The zero-order valence-corrected chi connectivity index (χ0v) is 9.81. The zero-order chi connectivity index (χ0) is 11.1. The summed E-state index contributed by atoms with van der Waals surface area (Å²) in [5, 5.41) is 0.872. The van der Waals surface area contributed by atoms with Gasteiger partial charge in [-0.25, -0.2) is 4.98 Å². The second-order valence-corrected chi connectivity index (χ2v) is 5.53. The van der Waals surface area contributed by atoms with Crippen molar-refractivity contribution in [2.45, 2.75) is 9.83 Å². The van der Waals surface area contributed by atoms with Gasteiger partial charge in [0.25, 0.3) is 0 Å². The van der Waals surface area contributed by atoms with Crippen LogP contribution in [0.25, 0.3) is 11.0 Å². The summed E-state index contributed by atoms with van der Waals surface area (Å²) in [5.74, 6) is 0. The lowest BCUT2D eigenvalue weighted by Gasteiger charge is -2.19. The van der Waals surface area contributed by atoms with E-state index in [1.807, 2.05) is 12.1 Å². The van der Waals surface area contributed by atoms with E-state index in [2.05, 4.69) is 9.97 Å². The largest absolute Gasteiger partial charge is 0.346 e. The summed E-state index contributed by atoms with van der Waals surface area (Å²) in [7, 11) is 0. The summed E-state index contributed by atoms with van der Waals surface area (Å²) in [6, 6.07) is 3.01. The molecule has 0 aliphatic carbocycles. The van der Waals surface area contributed by atoms with Crippen molar-refractivity contribution in [1.82, 2.24) is 9.97 Å². The van der Waals surface area contributed by atoms with Crippen LogP contribution < -0.4 is 5.73 Å². The average molecular weight is 265 g/mol. The van der Waals surface area contributed by atoms with Crippen molar-refractivity contribution in [1.29, 1.82) is 0 Å². The number of alkyl halides is 3. The third kappa shape index (κ3) is 2.06. The molecule has 0 amide bonds. The molecule has 0 saturated carbocycles. The number of nitrogens with one attached hydrogen (secondary N) is 1. The number of hydrogen-bond acceptors (Lipinski definition) is 2. The molecular weight excluding hydrogens is 256 g/mol. The maximum atomic E-state index is 5.84. The van der Waals surface area contributed by atoms with Crippen LogP contribution in [0.5, 0.6) is 0 Å². The zero-order valence-electron chi connectivity index (χ0n) is 7.55. The molecule has 2 rings (SSSR count). The maximum Gasteiger partial charge on any atom is 0.209 e. The molecule has 15 heavy (non-hydrogen) atoms. The van der Waals surface area contributed by atoms with E-state index >= 15 is 0 Å². The van der Waals surface area contributed by atoms with E-state index < -0.39 is 9.83 Å². The fraction of sp³-hybridized carbons (Fsp3) is 0.222. The van der Waals surface area contributed by atoms with Crippen molar-refractivity contribution >= 4 is 45.8 Å². The summed E-state index contributed by atoms with van der Waals surface area (Å²) in [6.45, 7) is 0. The Labute approximate surface area is 102 Å². The molecule has 3 nitrogen and oxygen atoms in total. The first-order valence-electron chi connectivity index (χ1n) is 4.24. The molecular formula is C9H8Cl3N3. The normalized spacial score (nSPS) is 14.4. The molecule has 0 fully saturated rings. The molecule has 3 N–H and O–H groups in total. The van der Waals surface area contributed by atoms with E-state index in [1.54, 1.807) is 12.4 Å². The van der Waals surface area contributed by atoms with E-state index in [-0.39, 0.29) is 0 Å². The molecule has 2 heterocycles. The minimum absolute atomic E-state index is 0.680. The van der Waals surface area contributed by atoms with Crippen LogP contribution in [-0.4, -0.2) is 13.8 Å². The second-order valence-electron chi connectivity index (χ2n) is 3.16. The van der Waals surface area contributed by atoms with Crippen LogP contribution in [0.3, 0.4) is 0 Å². The van der Waals surface area contributed by atoms with E-state index in [4.69, 9.17) is 40.5 Å². The molecule has 0 aromatic carbocycles. The van der Waals surface area contributed by atoms with E-state index in [0.29, 0.717) is 0 Å². The number of fused-ring (bicyclic) bond motifs is 1. The highest BCUT2D eigenvalue weighted by atomic mass is 35.6. The molecule has 0 aliphatic rings. The molecule has 0 spiro atoms. The highest BCUT2D eigenvalue weighted by Crippen LogP contribution is 2.39. The van der Waals surface area contributed by atoms with Crippen LogP contribution in [0.2, 0.25) is 0 Å². The van der Waals surface area contributed by atoms with E-state index in [9.17, 15) is 0 Å². The van der Waals surface area contributed by atoms with E-state index in [1.165, 1.54) is 0 Å². The average Bonchev–Trinajstić information content (AvgIpc) is 2.58. The Morgan fingerprint density at radius 2 is 2.13 bits per heavy atom. The monoisotopic (exact) mass is 263 g/mol. The van der Waals surface area contributed by atoms with Gasteiger partial charge >= 0.3 is 0 Å². The first kappa shape index (κ1) is 11.0. The smallest absolute Gasteiger partial charge is 0.209 e. The highest BCUT2D eigenvalue weighted by Gasteiger charge is 2.32. The van der Waals surface area contributed by atoms with Crippen LogP contribution in [0, 0.1) is 0 Å².